The van der Waals surface area contributed by atoms with Gasteiger partial charge in [-0.15, -0.1) is 0 Å². The van der Waals surface area contributed by atoms with E-state index in [2.05, 4.69) is 10.3 Å². The summed E-state index contributed by atoms with van der Waals surface area (Å²) in [5, 5.41) is 2.86. The third kappa shape index (κ3) is 6.53. The summed E-state index contributed by atoms with van der Waals surface area (Å²) in [6.45, 7) is 5.42. The Morgan fingerprint density at radius 3 is 2.74 bits per heavy atom. The van der Waals surface area contributed by atoms with E-state index in [-0.39, 0.29) is 18.2 Å². The number of carbonyl (C=O) groups excluding carboxylic acids is 2. The first-order valence-corrected chi connectivity index (χ1v) is 9.02. The van der Waals surface area contributed by atoms with E-state index in [1.54, 1.807) is 37.4 Å². The fourth-order valence-electron chi connectivity index (χ4n) is 2.76. The molecule has 0 radical (unpaired) electrons. The number of aryl methyl sites for hydroxylation is 2. The summed E-state index contributed by atoms with van der Waals surface area (Å²) in [5.74, 6) is 1.06. The zero-order valence-electron chi connectivity index (χ0n) is 16.2. The van der Waals surface area contributed by atoms with Crippen LogP contribution >= 0.6 is 0 Å². The van der Waals surface area contributed by atoms with Crippen molar-refractivity contribution in [3.8, 4) is 0 Å². The zero-order chi connectivity index (χ0) is 19.6. The van der Waals surface area contributed by atoms with Crippen LogP contribution in [0.25, 0.3) is 0 Å². The van der Waals surface area contributed by atoms with E-state index in [1.165, 1.54) is 0 Å². The van der Waals surface area contributed by atoms with Crippen molar-refractivity contribution in [3.63, 3.8) is 0 Å². The SMILES string of the molecule is COCCCN(CCC(=O)NCc1cccnc1)C(=O)c1cc(C)oc1C. The maximum Gasteiger partial charge on any atom is 0.257 e. The number of aromatic nitrogens is 1. The van der Waals surface area contributed by atoms with E-state index in [0.717, 1.165) is 5.56 Å². The molecule has 1 N–H and O–H groups in total. The predicted molar refractivity (Wildman–Crippen MR) is 101 cm³/mol. The van der Waals surface area contributed by atoms with Crippen LogP contribution in [-0.2, 0) is 16.1 Å². The normalized spacial score (nSPS) is 10.6. The van der Waals surface area contributed by atoms with Crippen LogP contribution in [-0.4, -0.2) is 48.5 Å². The molecule has 7 heteroatoms. The first kappa shape index (κ1) is 20.6. The molecule has 0 aromatic carbocycles. The fraction of sp³-hybridized carbons (Fsp3) is 0.450. The molecule has 0 saturated carbocycles. The van der Waals surface area contributed by atoms with Gasteiger partial charge in [0.2, 0.25) is 5.91 Å². The minimum atomic E-state index is -0.125. The van der Waals surface area contributed by atoms with Gasteiger partial charge in [0.25, 0.3) is 5.91 Å². The summed E-state index contributed by atoms with van der Waals surface area (Å²) >= 11 is 0. The van der Waals surface area contributed by atoms with Gasteiger partial charge >= 0.3 is 0 Å². The lowest BCUT2D eigenvalue weighted by atomic mass is 10.2. The van der Waals surface area contributed by atoms with Gasteiger partial charge in [0, 0.05) is 52.2 Å². The second-order valence-electron chi connectivity index (χ2n) is 6.35. The van der Waals surface area contributed by atoms with Crippen LogP contribution < -0.4 is 5.32 Å². The number of pyridine rings is 1. The van der Waals surface area contributed by atoms with Crippen molar-refractivity contribution in [3.05, 3.63) is 53.2 Å². The summed E-state index contributed by atoms with van der Waals surface area (Å²) < 4.78 is 10.5. The highest BCUT2D eigenvalue weighted by Crippen LogP contribution is 2.16. The number of rotatable bonds is 10. The van der Waals surface area contributed by atoms with Crippen molar-refractivity contribution >= 4 is 11.8 Å². The van der Waals surface area contributed by atoms with Gasteiger partial charge in [-0.3, -0.25) is 14.6 Å². The quantitative estimate of drug-likeness (QED) is 0.647. The van der Waals surface area contributed by atoms with Crippen LogP contribution in [0.4, 0.5) is 0 Å². The molecule has 0 aliphatic rings. The molecule has 27 heavy (non-hydrogen) atoms. The Labute approximate surface area is 159 Å². The van der Waals surface area contributed by atoms with Crippen molar-refractivity contribution < 1.29 is 18.7 Å². The largest absolute Gasteiger partial charge is 0.466 e. The molecule has 2 heterocycles. The van der Waals surface area contributed by atoms with Crippen LogP contribution in [0.15, 0.2) is 35.0 Å². The summed E-state index contributed by atoms with van der Waals surface area (Å²) in [7, 11) is 1.63. The van der Waals surface area contributed by atoms with Gasteiger partial charge in [0.15, 0.2) is 0 Å². The zero-order valence-corrected chi connectivity index (χ0v) is 16.2. The summed E-state index contributed by atoms with van der Waals surface area (Å²) in [4.78, 5) is 30.7. The number of nitrogens with zero attached hydrogens (tertiary/aromatic N) is 2. The van der Waals surface area contributed by atoms with Crippen LogP contribution in [0.5, 0.6) is 0 Å². The highest BCUT2D eigenvalue weighted by Gasteiger charge is 2.21. The Hall–Kier alpha value is -2.67. The van der Waals surface area contributed by atoms with Crippen molar-refractivity contribution in [2.24, 2.45) is 0 Å². The standard InChI is InChI=1S/C20H27N3O4/c1-15-12-18(16(2)27-15)20(25)23(9-5-11-26-3)10-7-19(24)22-14-17-6-4-8-21-13-17/h4,6,8,12-13H,5,7,9-11,14H2,1-3H3,(H,22,24). The van der Waals surface area contributed by atoms with E-state index in [1.807, 2.05) is 19.1 Å². The lowest BCUT2D eigenvalue weighted by Crippen LogP contribution is -2.36. The van der Waals surface area contributed by atoms with Crippen LogP contribution in [0.1, 0.15) is 40.3 Å². The molecule has 0 bridgehead atoms. The number of furan rings is 1. The van der Waals surface area contributed by atoms with Crippen molar-refractivity contribution in [2.75, 3.05) is 26.8 Å². The van der Waals surface area contributed by atoms with Crippen LogP contribution in [0.3, 0.4) is 0 Å². The van der Waals surface area contributed by atoms with Gasteiger partial charge in [-0.25, -0.2) is 0 Å². The number of hydrogen-bond acceptors (Lipinski definition) is 5. The molecule has 0 aliphatic carbocycles. The first-order valence-electron chi connectivity index (χ1n) is 9.02. The van der Waals surface area contributed by atoms with E-state index in [4.69, 9.17) is 9.15 Å². The molecule has 0 atom stereocenters. The topological polar surface area (TPSA) is 84.7 Å². The fourth-order valence-corrected chi connectivity index (χ4v) is 2.76. The molecular weight excluding hydrogens is 346 g/mol. The van der Waals surface area contributed by atoms with Gasteiger partial charge in [0.1, 0.15) is 11.5 Å². The number of hydrogen-bond donors (Lipinski definition) is 1. The Bertz CT molecular complexity index is 743. The molecule has 0 spiro atoms. The Kier molecular flexibility index (Phi) is 8.00. The summed E-state index contributed by atoms with van der Waals surface area (Å²) in [5.41, 5.74) is 1.48. The number of ether oxygens (including phenoxy) is 1. The maximum absolute atomic E-state index is 12.9. The molecule has 2 aromatic heterocycles. The van der Waals surface area contributed by atoms with E-state index in [0.29, 0.717) is 49.7 Å². The third-order valence-corrected chi connectivity index (χ3v) is 4.16. The second-order valence-corrected chi connectivity index (χ2v) is 6.35. The minimum Gasteiger partial charge on any atom is -0.466 e. The average Bonchev–Trinajstić information content (AvgIpc) is 3.01. The number of amides is 2. The molecular formula is C20H27N3O4. The molecule has 7 nitrogen and oxygen atoms in total. The second kappa shape index (κ2) is 10.5. The maximum atomic E-state index is 12.9. The van der Waals surface area contributed by atoms with Gasteiger partial charge in [-0.2, -0.15) is 0 Å². The highest BCUT2D eigenvalue weighted by molar-refractivity contribution is 5.95. The summed E-state index contributed by atoms with van der Waals surface area (Å²) in [6, 6.07) is 5.47. The van der Waals surface area contributed by atoms with Gasteiger partial charge in [0.05, 0.1) is 5.56 Å². The van der Waals surface area contributed by atoms with Crippen LogP contribution in [0.2, 0.25) is 0 Å². The van der Waals surface area contributed by atoms with Gasteiger partial charge < -0.3 is 19.4 Å². The van der Waals surface area contributed by atoms with E-state index >= 15 is 0 Å². The molecule has 2 aromatic rings. The van der Waals surface area contributed by atoms with Gasteiger partial charge in [-0.05, 0) is 38.0 Å². The Morgan fingerprint density at radius 1 is 1.30 bits per heavy atom. The van der Waals surface area contributed by atoms with Crippen molar-refractivity contribution in [2.45, 2.75) is 33.2 Å². The third-order valence-electron chi connectivity index (χ3n) is 4.16. The Morgan fingerprint density at radius 2 is 2.11 bits per heavy atom. The molecule has 146 valence electrons. The van der Waals surface area contributed by atoms with E-state index in [9.17, 15) is 9.59 Å². The molecule has 0 saturated heterocycles. The average molecular weight is 373 g/mol. The monoisotopic (exact) mass is 373 g/mol. The molecule has 0 fully saturated rings. The molecule has 0 aliphatic heterocycles. The molecule has 2 amide bonds. The number of nitrogens with one attached hydrogen (secondary N) is 1. The number of carbonyl (C=O) groups is 2. The lowest BCUT2D eigenvalue weighted by Gasteiger charge is -2.22. The highest BCUT2D eigenvalue weighted by atomic mass is 16.5. The number of methoxy groups -OCH3 is 1. The Balaban J connectivity index is 1.92. The minimum absolute atomic E-state index is 0.108. The lowest BCUT2D eigenvalue weighted by molar-refractivity contribution is -0.121. The predicted octanol–water partition coefficient (Wildman–Crippen LogP) is 2.48. The van der Waals surface area contributed by atoms with Crippen molar-refractivity contribution in [1.29, 1.82) is 0 Å². The molecule has 0 unspecified atom stereocenters. The smallest absolute Gasteiger partial charge is 0.257 e. The van der Waals surface area contributed by atoms with Gasteiger partial charge in [-0.1, -0.05) is 6.07 Å². The van der Waals surface area contributed by atoms with E-state index < -0.39 is 0 Å². The summed E-state index contributed by atoms with van der Waals surface area (Å²) in [6.07, 6.45) is 4.34. The van der Waals surface area contributed by atoms with Crippen LogP contribution in [0, 0.1) is 13.8 Å². The van der Waals surface area contributed by atoms with Crippen molar-refractivity contribution in [1.82, 2.24) is 15.2 Å². The molecule has 2 rings (SSSR count). The first-order chi connectivity index (χ1) is 13.0.